The van der Waals surface area contributed by atoms with Gasteiger partial charge in [-0.3, -0.25) is 14.2 Å². The Morgan fingerprint density at radius 1 is 1.16 bits per heavy atom. The molecule has 1 atom stereocenters. The van der Waals surface area contributed by atoms with Gasteiger partial charge in [0.1, 0.15) is 11.2 Å². The van der Waals surface area contributed by atoms with Crippen LogP contribution in [-0.4, -0.2) is 46.0 Å². The molecule has 1 unspecified atom stereocenters. The number of carbonyl (C=O) groups excluding carboxylic acids is 1. The summed E-state index contributed by atoms with van der Waals surface area (Å²) in [6, 6.07) is 13.4. The van der Waals surface area contributed by atoms with Crippen LogP contribution in [0.1, 0.15) is 55.1 Å². The summed E-state index contributed by atoms with van der Waals surface area (Å²) in [5, 5.41) is 3.80. The van der Waals surface area contributed by atoms with E-state index in [9.17, 15) is 9.59 Å². The van der Waals surface area contributed by atoms with Crippen LogP contribution in [-0.2, 0) is 6.54 Å². The normalized spacial score (nSPS) is 12.3. The number of rotatable bonds is 10. The predicted octanol–water partition coefficient (Wildman–Crippen LogP) is 3.99. The first-order valence-corrected chi connectivity index (χ1v) is 11.5. The Labute approximate surface area is 190 Å². The Bertz CT molecular complexity index is 1100. The minimum absolute atomic E-state index is 0.00685. The van der Waals surface area contributed by atoms with E-state index in [0.29, 0.717) is 12.2 Å². The summed E-state index contributed by atoms with van der Waals surface area (Å²) >= 11 is 0. The van der Waals surface area contributed by atoms with E-state index >= 15 is 0 Å². The molecule has 0 aliphatic rings. The van der Waals surface area contributed by atoms with E-state index in [0.717, 1.165) is 49.0 Å². The van der Waals surface area contributed by atoms with E-state index in [1.54, 1.807) is 16.8 Å². The Hall–Kier alpha value is -2.99. The average molecular weight is 435 g/mol. The fourth-order valence-corrected chi connectivity index (χ4v) is 3.93. The van der Waals surface area contributed by atoms with E-state index in [1.807, 2.05) is 50.2 Å². The first kappa shape index (κ1) is 23.7. The van der Waals surface area contributed by atoms with Crippen molar-refractivity contribution in [3.8, 4) is 0 Å². The highest BCUT2D eigenvalue weighted by Crippen LogP contribution is 2.14. The highest BCUT2D eigenvalue weighted by Gasteiger charge is 2.18. The molecular weight excluding hydrogens is 400 g/mol. The fraction of sp³-hybridized carbons (Fsp3) is 0.423. The molecule has 0 radical (unpaired) electrons. The van der Waals surface area contributed by atoms with Crippen LogP contribution >= 0.6 is 0 Å². The SMILES string of the molecule is CCN(CC)CCCC(C)NC(=O)c1cc2cccnc2n(Cc2ccc(C)cc2)c1=O. The lowest BCUT2D eigenvalue weighted by atomic mass is 10.1. The van der Waals surface area contributed by atoms with Crippen LogP contribution in [0.3, 0.4) is 0 Å². The zero-order valence-electron chi connectivity index (χ0n) is 19.6. The van der Waals surface area contributed by atoms with E-state index in [1.165, 1.54) is 0 Å². The molecule has 1 amide bonds. The van der Waals surface area contributed by atoms with Crippen LogP contribution in [0.4, 0.5) is 0 Å². The molecule has 0 saturated carbocycles. The summed E-state index contributed by atoms with van der Waals surface area (Å²) in [5.74, 6) is -0.325. The second-order valence-corrected chi connectivity index (χ2v) is 8.39. The van der Waals surface area contributed by atoms with Gasteiger partial charge in [-0.2, -0.15) is 0 Å². The Morgan fingerprint density at radius 2 is 1.88 bits per heavy atom. The minimum Gasteiger partial charge on any atom is -0.349 e. The molecule has 0 bridgehead atoms. The summed E-state index contributed by atoms with van der Waals surface area (Å²) in [6.07, 6.45) is 3.54. The van der Waals surface area contributed by atoms with Gasteiger partial charge in [0.2, 0.25) is 0 Å². The highest BCUT2D eigenvalue weighted by molar-refractivity contribution is 5.97. The third kappa shape index (κ3) is 5.82. The van der Waals surface area contributed by atoms with Crippen LogP contribution in [0.5, 0.6) is 0 Å². The number of nitrogens with one attached hydrogen (secondary N) is 1. The van der Waals surface area contributed by atoms with Gasteiger partial charge in [0, 0.05) is 17.6 Å². The minimum atomic E-state index is -0.325. The first-order chi connectivity index (χ1) is 15.4. The largest absolute Gasteiger partial charge is 0.349 e. The zero-order valence-corrected chi connectivity index (χ0v) is 19.6. The molecule has 3 rings (SSSR count). The molecule has 3 aromatic rings. The van der Waals surface area contributed by atoms with Crippen molar-refractivity contribution in [3.05, 3.63) is 75.7 Å². The molecule has 1 N–H and O–H groups in total. The number of fused-ring (bicyclic) bond motifs is 1. The number of hydrogen-bond acceptors (Lipinski definition) is 4. The Balaban J connectivity index is 1.82. The van der Waals surface area contributed by atoms with Crippen molar-refractivity contribution in [1.82, 2.24) is 19.8 Å². The van der Waals surface area contributed by atoms with Gasteiger partial charge in [0.25, 0.3) is 11.5 Å². The maximum Gasteiger partial charge on any atom is 0.265 e. The molecule has 0 saturated heterocycles. The lowest BCUT2D eigenvalue weighted by Crippen LogP contribution is -2.38. The molecule has 2 heterocycles. The van der Waals surface area contributed by atoms with Gasteiger partial charge in [0.15, 0.2) is 0 Å². The maximum atomic E-state index is 13.3. The summed E-state index contributed by atoms with van der Waals surface area (Å²) in [7, 11) is 0. The number of nitrogens with zero attached hydrogens (tertiary/aromatic N) is 3. The van der Waals surface area contributed by atoms with Gasteiger partial charge in [0.05, 0.1) is 6.54 Å². The summed E-state index contributed by atoms with van der Waals surface area (Å²) < 4.78 is 1.60. The number of pyridine rings is 2. The maximum absolute atomic E-state index is 13.3. The highest BCUT2D eigenvalue weighted by atomic mass is 16.2. The third-order valence-corrected chi connectivity index (χ3v) is 5.94. The third-order valence-electron chi connectivity index (χ3n) is 5.94. The second-order valence-electron chi connectivity index (χ2n) is 8.39. The summed E-state index contributed by atoms with van der Waals surface area (Å²) in [5.41, 5.74) is 2.58. The molecule has 0 fully saturated rings. The van der Waals surface area contributed by atoms with Crippen LogP contribution in [0.25, 0.3) is 11.0 Å². The molecule has 6 nitrogen and oxygen atoms in total. The molecular formula is C26H34N4O2. The molecule has 170 valence electrons. The quantitative estimate of drug-likeness (QED) is 0.524. The van der Waals surface area contributed by atoms with Crippen molar-refractivity contribution in [1.29, 1.82) is 0 Å². The van der Waals surface area contributed by atoms with Gasteiger partial charge in [-0.05, 0) is 70.1 Å². The van der Waals surface area contributed by atoms with Crippen molar-refractivity contribution < 1.29 is 4.79 Å². The van der Waals surface area contributed by atoms with E-state index in [-0.39, 0.29) is 23.1 Å². The predicted molar refractivity (Wildman–Crippen MR) is 130 cm³/mol. The molecule has 2 aromatic heterocycles. The molecule has 0 aliphatic carbocycles. The number of hydrogen-bond donors (Lipinski definition) is 1. The van der Waals surface area contributed by atoms with Gasteiger partial charge in [-0.1, -0.05) is 43.7 Å². The number of aromatic nitrogens is 2. The van der Waals surface area contributed by atoms with E-state index in [2.05, 4.69) is 29.0 Å². The van der Waals surface area contributed by atoms with Crippen molar-refractivity contribution in [2.75, 3.05) is 19.6 Å². The Morgan fingerprint density at radius 3 is 2.56 bits per heavy atom. The summed E-state index contributed by atoms with van der Waals surface area (Å²) in [4.78, 5) is 33.1. The molecule has 6 heteroatoms. The number of carbonyl (C=O) groups is 1. The lowest BCUT2D eigenvalue weighted by molar-refractivity contribution is 0.0935. The molecule has 0 aliphatic heterocycles. The number of aryl methyl sites for hydroxylation is 1. The van der Waals surface area contributed by atoms with Crippen LogP contribution < -0.4 is 10.9 Å². The van der Waals surface area contributed by atoms with Crippen LogP contribution in [0, 0.1) is 6.92 Å². The monoisotopic (exact) mass is 434 g/mol. The van der Waals surface area contributed by atoms with Gasteiger partial charge < -0.3 is 10.2 Å². The van der Waals surface area contributed by atoms with Gasteiger partial charge in [-0.15, -0.1) is 0 Å². The fourth-order valence-electron chi connectivity index (χ4n) is 3.93. The van der Waals surface area contributed by atoms with Gasteiger partial charge >= 0.3 is 0 Å². The molecule has 1 aromatic carbocycles. The lowest BCUT2D eigenvalue weighted by Gasteiger charge is -2.20. The van der Waals surface area contributed by atoms with E-state index < -0.39 is 0 Å². The molecule has 32 heavy (non-hydrogen) atoms. The molecule has 0 spiro atoms. The number of amides is 1. The zero-order chi connectivity index (χ0) is 23.1. The van der Waals surface area contributed by atoms with Crippen LogP contribution in [0.15, 0.2) is 53.5 Å². The standard InChI is InChI=1S/C26H34N4O2/c1-5-29(6-2)16-8-9-20(4)28-25(31)23-17-22-10-7-15-27-24(22)30(26(23)32)18-21-13-11-19(3)12-14-21/h7,10-15,17,20H,5-6,8-9,16,18H2,1-4H3,(H,28,31). The topological polar surface area (TPSA) is 67.2 Å². The van der Waals surface area contributed by atoms with Crippen molar-refractivity contribution in [2.24, 2.45) is 0 Å². The summed E-state index contributed by atoms with van der Waals surface area (Å²) in [6.45, 7) is 11.8. The van der Waals surface area contributed by atoms with Crippen molar-refractivity contribution in [3.63, 3.8) is 0 Å². The van der Waals surface area contributed by atoms with Crippen molar-refractivity contribution in [2.45, 2.75) is 53.1 Å². The number of benzene rings is 1. The Kier molecular flexibility index (Phi) is 8.17. The second kappa shape index (κ2) is 11.0. The first-order valence-electron chi connectivity index (χ1n) is 11.5. The van der Waals surface area contributed by atoms with Gasteiger partial charge in [-0.25, -0.2) is 4.98 Å². The smallest absolute Gasteiger partial charge is 0.265 e. The van der Waals surface area contributed by atoms with Crippen LogP contribution in [0.2, 0.25) is 0 Å². The average Bonchev–Trinajstić information content (AvgIpc) is 2.79. The van der Waals surface area contributed by atoms with Crippen molar-refractivity contribution >= 4 is 16.9 Å². The van der Waals surface area contributed by atoms with E-state index in [4.69, 9.17) is 0 Å².